The van der Waals surface area contributed by atoms with Crippen molar-refractivity contribution in [3.63, 3.8) is 0 Å². The molecule has 0 saturated carbocycles. The van der Waals surface area contributed by atoms with Crippen molar-refractivity contribution in [2.24, 2.45) is 0 Å². The first-order valence-electron chi connectivity index (χ1n) is 3.23. The minimum Gasteiger partial charge on any atom is -0.478 e. The lowest BCUT2D eigenvalue weighted by molar-refractivity contribution is 0.0697. The van der Waals surface area contributed by atoms with E-state index in [0.29, 0.717) is 5.56 Å². The van der Waals surface area contributed by atoms with Crippen LogP contribution >= 0.6 is 38.5 Å². The van der Waals surface area contributed by atoms with E-state index in [1.165, 1.54) is 0 Å². The molecule has 64 valence electrons. The second-order valence-corrected chi connectivity index (χ2v) is 3.97. The molecule has 1 aromatic carbocycles. The number of hydrogen-bond acceptors (Lipinski definition) is 1. The first-order valence-corrected chi connectivity index (χ1v) is 5.43. The quantitative estimate of drug-likeness (QED) is 0.664. The van der Waals surface area contributed by atoms with Gasteiger partial charge in [0.2, 0.25) is 0 Å². The molecular formula is C8H6BrIO2. The van der Waals surface area contributed by atoms with Crippen molar-refractivity contribution in [3.05, 3.63) is 32.9 Å². The highest BCUT2D eigenvalue weighted by atomic mass is 127. The fraction of sp³-hybridized carbons (Fsp3) is 0.125. The molecule has 2 nitrogen and oxygen atoms in total. The number of rotatable bonds is 2. The maximum Gasteiger partial charge on any atom is 0.335 e. The SMILES string of the molecule is O=C(O)c1ccc(CBr)c(I)c1. The van der Waals surface area contributed by atoms with Gasteiger partial charge in [0.05, 0.1) is 5.56 Å². The van der Waals surface area contributed by atoms with Gasteiger partial charge in [-0.3, -0.25) is 0 Å². The lowest BCUT2D eigenvalue weighted by Gasteiger charge is -2.00. The second-order valence-electron chi connectivity index (χ2n) is 2.24. The van der Waals surface area contributed by atoms with Crippen LogP contribution in [0.2, 0.25) is 0 Å². The van der Waals surface area contributed by atoms with Crippen LogP contribution in [0.1, 0.15) is 15.9 Å². The van der Waals surface area contributed by atoms with Crippen molar-refractivity contribution in [2.45, 2.75) is 5.33 Å². The van der Waals surface area contributed by atoms with Crippen LogP contribution in [0.25, 0.3) is 0 Å². The van der Waals surface area contributed by atoms with E-state index in [0.717, 1.165) is 14.5 Å². The zero-order valence-corrected chi connectivity index (χ0v) is 9.79. The maximum atomic E-state index is 10.5. The molecule has 0 radical (unpaired) electrons. The molecule has 0 saturated heterocycles. The van der Waals surface area contributed by atoms with E-state index in [1.54, 1.807) is 12.1 Å². The summed E-state index contributed by atoms with van der Waals surface area (Å²) in [6, 6.07) is 5.10. The van der Waals surface area contributed by atoms with E-state index in [9.17, 15) is 4.79 Å². The Morgan fingerprint density at radius 3 is 2.67 bits per heavy atom. The summed E-state index contributed by atoms with van der Waals surface area (Å²) in [5.74, 6) is -0.881. The number of hydrogen-bond donors (Lipinski definition) is 1. The predicted molar refractivity (Wildman–Crippen MR) is 58.7 cm³/mol. The molecule has 1 rings (SSSR count). The Kier molecular flexibility index (Phi) is 3.52. The smallest absolute Gasteiger partial charge is 0.335 e. The average Bonchev–Trinajstić information content (AvgIpc) is 2.04. The summed E-state index contributed by atoms with van der Waals surface area (Å²) in [4.78, 5) is 10.5. The molecule has 0 spiro atoms. The third kappa shape index (κ3) is 2.20. The van der Waals surface area contributed by atoms with Crippen LogP contribution in [0, 0.1) is 3.57 Å². The number of carboxylic acid groups (broad SMARTS) is 1. The zero-order valence-electron chi connectivity index (χ0n) is 6.05. The van der Waals surface area contributed by atoms with Gasteiger partial charge < -0.3 is 5.11 Å². The Bertz CT molecular complexity index is 312. The molecule has 0 aliphatic rings. The van der Waals surface area contributed by atoms with Crippen LogP contribution in [0.3, 0.4) is 0 Å². The van der Waals surface area contributed by atoms with Crippen molar-refractivity contribution in [1.29, 1.82) is 0 Å². The first-order chi connectivity index (χ1) is 5.65. The molecule has 0 aliphatic carbocycles. The van der Waals surface area contributed by atoms with Gasteiger partial charge >= 0.3 is 5.97 Å². The van der Waals surface area contributed by atoms with E-state index in [4.69, 9.17) is 5.11 Å². The Balaban J connectivity index is 3.10. The average molecular weight is 341 g/mol. The minimum atomic E-state index is -0.881. The predicted octanol–water partition coefficient (Wildman–Crippen LogP) is 2.88. The normalized spacial score (nSPS) is 9.83. The van der Waals surface area contributed by atoms with Gasteiger partial charge in [-0.2, -0.15) is 0 Å². The standard InChI is InChI=1S/C8H6BrIO2/c9-4-6-2-1-5(8(11)12)3-7(6)10/h1-3H,4H2,(H,11,12). The monoisotopic (exact) mass is 340 g/mol. The highest BCUT2D eigenvalue weighted by molar-refractivity contribution is 14.1. The number of carboxylic acids is 1. The number of aromatic carboxylic acids is 1. The van der Waals surface area contributed by atoms with Crippen molar-refractivity contribution in [3.8, 4) is 0 Å². The largest absolute Gasteiger partial charge is 0.478 e. The summed E-state index contributed by atoms with van der Waals surface area (Å²) in [5.41, 5.74) is 1.45. The molecule has 0 heterocycles. The third-order valence-corrected chi connectivity index (χ3v) is 3.05. The van der Waals surface area contributed by atoms with Crippen LogP contribution in [-0.4, -0.2) is 11.1 Å². The molecule has 0 aliphatic heterocycles. The summed E-state index contributed by atoms with van der Waals surface area (Å²) in [6.45, 7) is 0. The Labute approximate surface area is 92.2 Å². The Hall–Kier alpha value is -0.100. The van der Waals surface area contributed by atoms with Gasteiger partial charge in [-0.15, -0.1) is 0 Å². The zero-order chi connectivity index (χ0) is 9.14. The van der Waals surface area contributed by atoms with Gasteiger partial charge in [0.15, 0.2) is 0 Å². The van der Waals surface area contributed by atoms with Gasteiger partial charge in [-0.1, -0.05) is 22.0 Å². The van der Waals surface area contributed by atoms with E-state index in [1.807, 2.05) is 6.07 Å². The molecule has 1 aromatic rings. The molecule has 1 N–H and O–H groups in total. The Morgan fingerprint density at radius 2 is 2.25 bits per heavy atom. The molecule has 0 aromatic heterocycles. The van der Waals surface area contributed by atoms with Crippen LogP contribution in [0.15, 0.2) is 18.2 Å². The lowest BCUT2D eigenvalue weighted by atomic mass is 10.2. The lowest BCUT2D eigenvalue weighted by Crippen LogP contribution is -1.97. The van der Waals surface area contributed by atoms with Crippen LogP contribution in [-0.2, 0) is 5.33 Å². The van der Waals surface area contributed by atoms with Gasteiger partial charge in [-0.25, -0.2) is 4.79 Å². The van der Waals surface area contributed by atoms with E-state index < -0.39 is 5.97 Å². The molecule has 0 unspecified atom stereocenters. The van der Waals surface area contributed by atoms with Gasteiger partial charge in [0.1, 0.15) is 0 Å². The van der Waals surface area contributed by atoms with Crippen LogP contribution in [0.4, 0.5) is 0 Å². The molecule has 0 bridgehead atoms. The minimum absolute atomic E-state index is 0.337. The highest BCUT2D eigenvalue weighted by Crippen LogP contribution is 2.17. The number of halogens is 2. The molecule has 4 heteroatoms. The van der Waals surface area contributed by atoms with E-state index >= 15 is 0 Å². The van der Waals surface area contributed by atoms with Gasteiger partial charge in [0, 0.05) is 8.90 Å². The number of carbonyl (C=O) groups is 1. The molecule has 0 atom stereocenters. The summed E-state index contributed by atoms with van der Waals surface area (Å²) < 4.78 is 0.976. The molecule has 0 fully saturated rings. The molecule has 0 amide bonds. The van der Waals surface area contributed by atoms with Crippen LogP contribution in [0.5, 0.6) is 0 Å². The highest BCUT2D eigenvalue weighted by Gasteiger charge is 2.04. The summed E-state index contributed by atoms with van der Waals surface area (Å²) >= 11 is 5.44. The van der Waals surface area contributed by atoms with Crippen molar-refractivity contribution in [1.82, 2.24) is 0 Å². The fourth-order valence-corrected chi connectivity index (χ4v) is 2.51. The second kappa shape index (κ2) is 4.23. The van der Waals surface area contributed by atoms with Crippen molar-refractivity contribution in [2.75, 3.05) is 0 Å². The third-order valence-electron chi connectivity index (χ3n) is 1.44. The summed E-state index contributed by atoms with van der Waals surface area (Å²) in [6.07, 6.45) is 0. The van der Waals surface area contributed by atoms with Crippen molar-refractivity contribution >= 4 is 44.5 Å². The number of benzene rings is 1. The maximum absolute atomic E-state index is 10.5. The van der Waals surface area contributed by atoms with Gasteiger partial charge in [-0.05, 0) is 40.3 Å². The fourth-order valence-electron chi connectivity index (χ4n) is 0.789. The number of alkyl halides is 1. The van der Waals surface area contributed by atoms with E-state index in [-0.39, 0.29) is 0 Å². The van der Waals surface area contributed by atoms with Crippen LogP contribution < -0.4 is 0 Å². The Morgan fingerprint density at radius 1 is 1.58 bits per heavy atom. The molecule has 12 heavy (non-hydrogen) atoms. The summed E-state index contributed by atoms with van der Waals surface area (Å²) in [5, 5.41) is 9.41. The first kappa shape index (κ1) is 9.98. The van der Waals surface area contributed by atoms with Gasteiger partial charge in [0.25, 0.3) is 0 Å². The van der Waals surface area contributed by atoms with E-state index in [2.05, 4.69) is 38.5 Å². The summed E-state index contributed by atoms with van der Waals surface area (Å²) in [7, 11) is 0. The van der Waals surface area contributed by atoms with Crippen molar-refractivity contribution < 1.29 is 9.90 Å². The molecular weight excluding hydrogens is 335 g/mol. The topological polar surface area (TPSA) is 37.3 Å².